The molecule has 2 fully saturated rings. The lowest BCUT2D eigenvalue weighted by atomic mass is 9.90. The van der Waals surface area contributed by atoms with Crippen LogP contribution in [0.4, 0.5) is 16.2 Å². The minimum Gasteiger partial charge on any atom is -0.497 e. The second-order valence-corrected chi connectivity index (χ2v) is 9.94. The van der Waals surface area contributed by atoms with E-state index < -0.39 is 0 Å². The van der Waals surface area contributed by atoms with Crippen molar-refractivity contribution < 1.29 is 14.3 Å². The van der Waals surface area contributed by atoms with Gasteiger partial charge < -0.3 is 25.0 Å². The van der Waals surface area contributed by atoms with Crippen molar-refractivity contribution >= 4 is 17.4 Å². The van der Waals surface area contributed by atoms with Crippen molar-refractivity contribution in [3.05, 3.63) is 48.0 Å². The molecule has 1 aliphatic heterocycles. The third-order valence-electron chi connectivity index (χ3n) is 7.11. The number of rotatable bonds is 7. The SMILES string of the molecule is COc1ccc(NC(=O)N[C@H]2CC[C@H](N3CCN(c4ccccc4OC(C)C)CC3)CC2)c(C)c1. The summed E-state index contributed by atoms with van der Waals surface area (Å²) in [4.78, 5) is 17.6. The van der Waals surface area contributed by atoms with Crippen LogP contribution in [0.15, 0.2) is 42.5 Å². The van der Waals surface area contributed by atoms with Crippen LogP contribution in [0.2, 0.25) is 0 Å². The number of anilines is 2. The summed E-state index contributed by atoms with van der Waals surface area (Å²) in [6.07, 6.45) is 4.46. The summed E-state index contributed by atoms with van der Waals surface area (Å²) < 4.78 is 11.3. The van der Waals surface area contributed by atoms with E-state index in [9.17, 15) is 4.79 Å². The van der Waals surface area contributed by atoms with Crippen LogP contribution in [0.25, 0.3) is 0 Å². The molecule has 7 nitrogen and oxygen atoms in total. The Bertz CT molecular complexity index is 980. The number of piperazine rings is 1. The van der Waals surface area contributed by atoms with E-state index >= 15 is 0 Å². The first-order valence-electron chi connectivity index (χ1n) is 12.9. The Balaban J connectivity index is 1.22. The quantitative estimate of drug-likeness (QED) is 0.581. The molecule has 1 aliphatic carbocycles. The number of ether oxygens (including phenoxy) is 2. The average Bonchev–Trinajstić information content (AvgIpc) is 2.86. The van der Waals surface area contributed by atoms with Gasteiger partial charge in [-0.1, -0.05) is 12.1 Å². The maximum Gasteiger partial charge on any atom is 0.319 e. The molecule has 2 amide bonds. The van der Waals surface area contributed by atoms with Gasteiger partial charge in [-0.15, -0.1) is 0 Å². The maximum absolute atomic E-state index is 12.6. The number of hydrogen-bond donors (Lipinski definition) is 2. The zero-order valence-electron chi connectivity index (χ0n) is 21.5. The Kier molecular flexibility index (Phi) is 8.39. The predicted molar refractivity (Wildman–Crippen MR) is 142 cm³/mol. The molecule has 0 spiro atoms. The Morgan fingerprint density at radius 1 is 1.00 bits per heavy atom. The van der Waals surface area contributed by atoms with Crippen LogP contribution < -0.4 is 25.0 Å². The lowest BCUT2D eigenvalue weighted by Crippen LogP contribution is -2.52. The van der Waals surface area contributed by atoms with E-state index in [4.69, 9.17) is 9.47 Å². The number of amides is 2. The van der Waals surface area contributed by atoms with Crippen molar-refractivity contribution in [1.29, 1.82) is 0 Å². The topological polar surface area (TPSA) is 66.1 Å². The van der Waals surface area contributed by atoms with Gasteiger partial charge in [0, 0.05) is 44.0 Å². The van der Waals surface area contributed by atoms with Gasteiger partial charge in [0.1, 0.15) is 11.5 Å². The molecule has 0 unspecified atom stereocenters. The third-order valence-corrected chi connectivity index (χ3v) is 7.11. The van der Waals surface area contributed by atoms with Crippen molar-refractivity contribution in [3.63, 3.8) is 0 Å². The van der Waals surface area contributed by atoms with E-state index in [0.717, 1.165) is 74.6 Å². The Morgan fingerprint density at radius 3 is 2.37 bits per heavy atom. The number of methoxy groups -OCH3 is 1. The van der Waals surface area contributed by atoms with Gasteiger partial charge >= 0.3 is 6.03 Å². The minimum absolute atomic E-state index is 0.127. The van der Waals surface area contributed by atoms with Crippen LogP contribution in [0, 0.1) is 6.92 Å². The summed E-state index contributed by atoms with van der Waals surface area (Å²) in [7, 11) is 1.65. The molecule has 2 aromatic rings. The minimum atomic E-state index is -0.127. The van der Waals surface area contributed by atoms with Crippen LogP contribution in [-0.2, 0) is 0 Å². The Hall–Kier alpha value is -2.93. The molecule has 1 saturated heterocycles. The highest BCUT2D eigenvalue weighted by molar-refractivity contribution is 5.90. The van der Waals surface area contributed by atoms with Crippen LogP contribution in [0.5, 0.6) is 11.5 Å². The highest BCUT2D eigenvalue weighted by Gasteiger charge is 2.29. The van der Waals surface area contributed by atoms with Gasteiger partial charge in [-0.05, 0) is 82.3 Å². The molecule has 2 aliphatic rings. The van der Waals surface area contributed by atoms with Gasteiger partial charge in [0.05, 0.1) is 18.9 Å². The van der Waals surface area contributed by atoms with Gasteiger partial charge in [0.25, 0.3) is 0 Å². The van der Waals surface area contributed by atoms with Gasteiger partial charge in [0.15, 0.2) is 0 Å². The fourth-order valence-electron chi connectivity index (χ4n) is 5.23. The van der Waals surface area contributed by atoms with Crippen LogP contribution in [0.3, 0.4) is 0 Å². The van der Waals surface area contributed by atoms with Crippen molar-refractivity contribution in [1.82, 2.24) is 10.2 Å². The van der Waals surface area contributed by atoms with Gasteiger partial charge in [-0.3, -0.25) is 4.90 Å². The number of aryl methyl sites for hydroxylation is 1. The number of hydrogen-bond acceptors (Lipinski definition) is 5. The molecular formula is C28H40N4O3. The lowest BCUT2D eigenvalue weighted by Gasteiger charge is -2.43. The lowest BCUT2D eigenvalue weighted by molar-refractivity contribution is 0.137. The molecule has 1 heterocycles. The van der Waals surface area contributed by atoms with Crippen LogP contribution in [-0.4, -0.2) is 62.4 Å². The van der Waals surface area contributed by atoms with Gasteiger partial charge in [-0.25, -0.2) is 4.79 Å². The van der Waals surface area contributed by atoms with E-state index in [2.05, 4.69) is 52.5 Å². The average molecular weight is 481 g/mol. The Morgan fingerprint density at radius 2 is 1.71 bits per heavy atom. The van der Waals surface area contributed by atoms with E-state index in [-0.39, 0.29) is 18.2 Å². The molecule has 2 N–H and O–H groups in total. The summed E-state index contributed by atoms with van der Waals surface area (Å²) >= 11 is 0. The number of nitrogens with one attached hydrogen (secondary N) is 2. The fourth-order valence-corrected chi connectivity index (χ4v) is 5.23. The van der Waals surface area contributed by atoms with E-state index in [0.29, 0.717) is 6.04 Å². The van der Waals surface area contributed by atoms with Gasteiger partial charge in [-0.2, -0.15) is 0 Å². The predicted octanol–water partition coefficient (Wildman–Crippen LogP) is 5.05. The number of nitrogens with zero attached hydrogens (tertiary/aromatic N) is 2. The standard InChI is InChI=1S/C28H40N4O3/c1-20(2)35-27-8-6-5-7-26(27)32-17-15-31(16-18-32)23-11-9-22(10-12-23)29-28(33)30-25-14-13-24(34-4)19-21(25)3/h5-8,13-14,19-20,22-23H,9-12,15-18H2,1-4H3,(H2,29,30,33)/t22-,23-. The van der Waals surface area contributed by atoms with Gasteiger partial charge in [0.2, 0.25) is 0 Å². The number of benzene rings is 2. The zero-order valence-corrected chi connectivity index (χ0v) is 21.5. The first-order chi connectivity index (χ1) is 16.9. The van der Waals surface area contributed by atoms with Crippen molar-refractivity contribution in [3.8, 4) is 11.5 Å². The molecular weight excluding hydrogens is 440 g/mol. The Labute approximate surface area is 209 Å². The molecule has 1 saturated carbocycles. The largest absolute Gasteiger partial charge is 0.497 e. The molecule has 4 rings (SSSR count). The highest BCUT2D eigenvalue weighted by Crippen LogP contribution is 2.31. The van der Waals surface area contributed by atoms with E-state index in [1.165, 1.54) is 5.69 Å². The van der Waals surface area contributed by atoms with Crippen molar-refractivity contribution in [2.45, 2.75) is 64.6 Å². The number of para-hydroxylation sites is 2. The number of urea groups is 1. The summed E-state index contributed by atoms with van der Waals surface area (Å²) in [5.41, 5.74) is 3.00. The molecule has 2 aromatic carbocycles. The summed E-state index contributed by atoms with van der Waals surface area (Å²) in [5, 5.41) is 6.16. The molecule has 0 bridgehead atoms. The first-order valence-corrected chi connectivity index (χ1v) is 12.9. The second-order valence-electron chi connectivity index (χ2n) is 9.94. The van der Waals surface area contributed by atoms with E-state index in [1.54, 1.807) is 7.11 Å². The zero-order chi connectivity index (χ0) is 24.8. The van der Waals surface area contributed by atoms with Crippen molar-refractivity contribution in [2.75, 3.05) is 43.5 Å². The monoisotopic (exact) mass is 480 g/mol. The molecule has 0 radical (unpaired) electrons. The number of carbonyl (C=O) groups excluding carboxylic acids is 1. The smallest absolute Gasteiger partial charge is 0.319 e. The highest BCUT2D eigenvalue weighted by atomic mass is 16.5. The molecule has 190 valence electrons. The van der Waals surface area contributed by atoms with E-state index in [1.807, 2.05) is 31.2 Å². The maximum atomic E-state index is 12.6. The molecule has 0 atom stereocenters. The normalized spacial score (nSPS) is 21.0. The first kappa shape index (κ1) is 25.2. The third kappa shape index (κ3) is 6.60. The van der Waals surface area contributed by atoms with Crippen molar-refractivity contribution in [2.24, 2.45) is 0 Å². The molecule has 7 heteroatoms. The summed E-state index contributed by atoms with van der Waals surface area (Å²) in [6.45, 7) is 10.3. The fraction of sp³-hybridized carbons (Fsp3) is 0.536. The summed E-state index contributed by atoms with van der Waals surface area (Å²) in [6, 6.07) is 14.8. The summed E-state index contributed by atoms with van der Waals surface area (Å²) in [5.74, 6) is 1.77. The number of carbonyl (C=O) groups is 1. The second kappa shape index (κ2) is 11.7. The molecule has 0 aromatic heterocycles. The van der Waals surface area contributed by atoms with Crippen LogP contribution >= 0.6 is 0 Å². The van der Waals surface area contributed by atoms with Crippen LogP contribution in [0.1, 0.15) is 45.1 Å². The molecule has 35 heavy (non-hydrogen) atoms.